The largest absolute Gasteiger partial charge is 0.507 e. The fraction of sp³-hybridized carbons (Fsp3) is 0.250. The number of anilines is 1. The summed E-state index contributed by atoms with van der Waals surface area (Å²) in [5, 5.41) is 14.3. The van der Waals surface area contributed by atoms with Gasteiger partial charge in [0.05, 0.1) is 6.20 Å². The molecular weight excluding hydrogens is 282 g/mol. The van der Waals surface area contributed by atoms with Gasteiger partial charge < -0.3 is 10.8 Å². The highest BCUT2D eigenvalue weighted by Gasteiger charge is 2.14. The summed E-state index contributed by atoms with van der Waals surface area (Å²) in [4.78, 5) is 0. The van der Waals surface area contributed by atoms with Crippen LogP contribution in [0, 0.1) is 0 Å². The summed E-state index contributed by atoms with van der Waals surface area (Å²) in [5.41, 5.74) is 8.27. The molecule has 0 bridgehead atoms. The Bertz CT molecular complexity index is 563. The molecule has 1 aromatic carbocycles. The van der Waals surface area contributed by atoms with Crippen LogP contribution in [-0.2, 0) is 13.5 Å². The Labute approximate surface area is 108 Å². The molecule has 3 N–H and O–H groups in total. The molecule has 4 nitrogen and oxygen atoms in total. The molecule has 17 heavy (non-hydrogen) atoms. The Morgan fingerprint density at radius 2 is 2.12 bits per heavy atom. The molecule has 1 heterocycles. The quantitative estimate of drug-likeness (QED) is 0.895. The van der Waals surface area contributed by atoms with Crippen molar-refractivity contribution in [3.63, 3.8) is 0 Å². The maximum absolute atomic E-state index is 10.2. The van der Waals surface area contributed by atoms with E-state index in [9.17, 15) is 5.11 Å². The van der Waals surface area contributed by atoms with Gasteiger partial charge in [-0.05, 0) is 24.1 Å². The van der Waals surface area contributed by atoms with E-state index in [1.165, 1.54) is 0 Å². The van der Waals surface area contributed by atoms with Crippen molar-refractivity contribution in [3.8, 4) is 16.9 Å². The predicted octanol–water partition coefficient (Wildman–Crippen LogP) is 2.70. The number of aromatic nitrogens is 2. The second kappa shape index (κ2) is 4.41. The topological polar surface area (TPSA) is 64.1 Å². The first-order chi connectivity index (χ1) is 8.04. The molecule has 0 fully saturated rings. The zero-order valence-electron chi connectivity index (χ0n) is 9.74. The normalized spacial score (nSPS) is 10.8. The number of nitrogen functional groups attached to an aromatic ring is 1. The van der Waals surface area contributed by atoms with Crippen molar-refractivity contribution in [1.29, 1.82) is 0 Å². The van der Waals surface area contributed by atoms with Crippen LogP contribution in [0.25, 0.3) is 11.1 Å². The average molecular weight is 296 g/mol. The molecule has 0 spiro atoms. The molecule has 0 aliphatic rings. The Hall–Kier alpha value is -1.49. The van der Waals surface area contributed by atoms with Gasteiger partial charge in [0, 0.05) is 22.6 Å². The highest BCUT2D eigenvalue weighted by Crippen LogP contribution is 2.37. The third-order valence-corrected chi connectivity index (χ3v) is 3.27. The molecule has 0 aliphatic heterocycles. The van der Waals surface area contributed by atoms with E-state index in [0.717, 1.165) is 22.0 Å². The van der Waals surface area contributed by atoms with Crippen molar-refractivity contribution in [1.82, 2.24) is 9.78 Å². The average Bonchev–Trinajstić information content (AvgIpc) is 2.63. The molecule has 0 aliphatic carbocycles. The van der Waals surface area contributed by atoms with Crippen molar-refractivity contribution in [2.45, 2.75) is 13.3 Å². The zero-order chi connectivity index (χ0) is 12.6. The number of aryl methyl sites for hydroxylation is 2. The molecule has 2 aromatic rings. The second-order valence-corrected chi connectivity index (χ2v) is 4.80. The second-order valence-electron chi connectivity index (χ2n) is 3.88. The molecule has 0 atom stereocenters. The number of nitrogens with two attached hydrogens (primary N) is 1. The van der Waals surface area contributed by atoms with Crippen LogP contribution >= 0.6 is 15.9 Å². The maximum atomic E-state index is 10.2. The molecular formula is C12H14BrN3O. The molecule has 0 amide bonds. The number of phenols is 1. The maximum Gasteiger partial charge on any atom is 0.129 e. The Morgan fingerprint density at radius 1 is 1.41 bits per heavy atom. The van der Waals surface area contributed by atoms with Crippen LogP contribution in [0.1, 0.15) is 12.5 Å². The van der Waals surface area contributed by atoms with Crippen molar-refractivity contribution >= 4 is 21.7 Å². The summed E-state index contributed by atoms with van der Waals surface area (Å²) < 4.78 is 2.51. The molecule has 0 saturated heterocycles. The van der Waals surface area contributed by atoms with Crippen LogP contribution in [0.2, 0.25) is 0 Å². The number of hydrogen-bond donors (Lipinski definition) is 2. The van der Waals surface area contributed by atoms with Gasteiger partial charge in [-0.2, -0.15) is 5.10 Å². The number of rotatable bonds is 2. The van der Waals surface area contributed by atoms with Gasteiger partial charge in [0.1, 0.15) is 11.6 Å². The third-order valence-electron chi connectivity index (χ3n) is 2.81. The summed E-state index contributed by atoms with van der Waals surface area (Å²) in [5.74, 6) is 0.816. The number of nitrogens with zero attached hydrogens (tertiary/aromatic N) is 2. The van der Waals surface area contributed by atoms with Gasteiger partial charge in [0.25, 0.3) is 0 Å². The Balaban J connectivity index is 2.67. The molecule has 2 rings (SSSR count). The van der Waals surface area contributed by atoms with E-state index in [2.05, 4.69) is 21.0 Å². The monoisotopic (exact) mass is 295 g/mol. The summed E-state index contributed by atoms with van der Waals surface area (Å²) >= 11 is 3.44. The van der Waals surface area contributed by atoms with Gasteiger partial charge >= 0.3 is 0 Å². The minimum absolute atomic E-state index is 0.274. The Morgan fingerprint density at radius 3 is 2.65 bits per heavy atom. The van der Waals surface area contributed by atoms with Gasteiger partial charge in [-0.25, -0.2) is 0 Å². The van der Waals surface area contributed by atoms with E-state index in [-0.39, 0.29) is 5.75 Å². The fourth-order valence-corrected chi connectivity index (χ4v) is 2.29. The van der Waals surface area contributed by atoms with Crippen LogP contribution in [0.5, 0.6) is 5.75 Å². The summed E-state index contributed by atoms with van der Waals surface area (Å²) in [7, 11) is 1.77. The van der Waals surface area contributed by atoms with Crippen molar-refractivity contribution in [3.05, 3.63) is 28.4 Å². The molecule has 0 unspecified atom stereocenters. The first kappa shape index (κ1) is 12.0. The number of halogens is 1. The van der Waals surface area contributed by atoms with Crippen molar-refractivity contribution in [2.75, 3.05) is 5.73 Å². The van der Waals surface area contributed by atoms with E-state index in [1.807, 2.05) is 19.1 Å². The first-order valence-electron chi connectivity index (χ1n) is 5.33. The van der Waals surface area contributed by atoms with Crippen LogP contribution in [0.3, 0.4) is 0 Å². The minimum atomic E-state index is 0.274. The highest BCUT2D eigenvalue weighted by molar-refractivity contribution is 9.10. The van der Waals surface area contributed by atoms with Crippen LogP contribution in [0.4, 0.5) is 5.82 Å². The van der Waals surface area contributed by atoms with Gasteiger partial charge in [-0.1, -0.05) is 22.9 Å². The number of phenolic OH excluding ortho intramolecular Hbond substituents is 1. The van der Waals surface area contributed by atoms with Gasteiger partial charge in [-0.15, -0.1) is 0 Å². The SMILES string of the molecule is CCc1cc(Br)cc(-c2cnn(C)c2N)c1O. The van der Waals surface area contributed by atoms with Crippen LogP contribution in [-0.4, -0.2) is 14.9 Å². The highest BCUT2D eigenvalue weighted by atomic mass is 79.9. The van der Waals surface area contributed by atoms with E-state index >= 15 is 0 Å². The zero-order valence-corrected chi connectivity index (χ0v) is 11.3. The summed E-state index contributed by atoms with van der Waals surface area (Å²) in [6.45, 7) is 2.00. The van der Waals surface area contributed by atoms with Gasteiger partial charge in [0.2, 0.25) is 0 Å². The van der Waals surface area contributed by atoms with Crippen molar-refractivity contribution in [2.24, 2.45) is 7.05 Å². The van der Waals surface area contributed by atoms with Crippen LogP contribution < -0.4 is 5.73 Å². The fourth-order valence-electron chi connectivity index (χ4n) is 1.79. The van der Waals surface area contributed by atoms with Gasteiger partial charge in [-0.3, -0.25) is 4.68 Å². The van der Waals surface area contributed by atoms with Crippen molar-refractivity contribution < 1.29 is 5.11 Å². The van der Waals surface area contributed by atoms with E-state index < -0.39 is 0 Å². The smallest absolute Gasteiger partial charge is 0.129 e. The van der Waals surface area contributed by atoms with Crippen LogP contribution in [0.15, 0.2) is 22.8 Å². The molecule has 0 saturated carbocycles. The minimum Gasteiger partial charge on any atom is -0.507 e. The molecule has 5 heteroatoms. The lowest BCUT2D eigenvalue weighted by molar-refractivity contribution is 0.471. The molecule has 0 radical (unpaired) electrons. The lowest BCUT2D eigenvalue weighted by Gasteiger charge is -2.09. The van der Waals surface area contributed by atoms with Gasteiger partial charge in [0.15, 0.2) is 0 Å². The summed E-state index contributed by atoms with van der Waals surface area (Å²) in [6.07, 6.45) is 2.43. The number of hydrogen-bond acceptors (Lipinski definition) is 3. The Kier molecular flexibility index (Phi) is 3.11. The third kappa shape index (κ3) is 2.02. The standard InChI is InChI=1S/C12H14BrN3O/c1-3-7-4-8(13)5-9(11(7)17)10-6-15-16(2)12(10)14/h4-6,17H,3,14H2,1-2H3. The number of aromatic hydroxyl groups is 1. The molecule has 1 aromatic heterocycles. The van der Waals surface area contributed by atoms with E-state index in [0.29, 0.717) is 11.4 Å². The molecule has 90 valence electrons. The summed E-state index contributed by atoms with van der Waals surface area (Å²) in [6, 6.07) is 3.76. The number of benzene rings is 1. The predicted molar refractivity (Wildman–Crippen MR) is 71.8 cm³/mol. The lowest BCUT2D eigenvalue weighted by atomic mass is 10.0. The van der Waals surface area contributed by atoms with E-state index in [1.54, 1.807) is 17.9 Å². The lowest BCUT2D eigenvalue weighted by Crippen LogP contribution is -1.98. The van der Waals surface area contributed by atoms with E-state index in [4.69, 9.17) is 5.73 Å². The first-order valence-corrected chi connectivity index (χ1v) is 6.13.